The van der Waals surface area contributed by atoms with Crippen molar-refractivity contribution < 1.29 is 24.2 Å². The summed E-state index contributed by atoms with van der Waals surface area (Å²) in [6, 6.07) is 3.61. The van der Waals surface area contributed by atoms with Gasteiger partial charge in [-0.3, -0.25) is 4.79 Å². The Kier molecular flexibility index (Phi) is 12.5. The molecule has 2 atom stereocenters. The minimum absolute atomic E-state index is 0.0818. The number of rotatable bonds is 14. The predicted octanol–water partition coefficient (Wildman–Crippen LogP) is 7.05. The molecule has 0 unspecified atom stereocenters. The van der Waals surface area contributed by atoms with E-state index in [2.05, 4.69) is 55.4 Å². The zero-order valence-electron chi connectivity index (χ0n) is 25.5. The van der Waals surface area contributed by atoms with Crippen molar-refractivity contribution in [1.29, 1.82) is 0 Å². The maximum absolute atomic E-state index is 13.5. The van der Waals surface area contributed by atoms with Crippen molar-refractivity contribution in [2.45, 2.75) is 122 Å². The maximum Gasteiger partial charge on any atom is 0.258 e. The molecule has 0 saturated carbocycles. The number of ether oxygens (including phenoxy) is 1. The summed E-state index contributed by atoms with van der Waals surface area (Å²) in [7, 11) is -0.854. The van der Waals surface area contributed by atoms with Crippen molar-refractivity contribution in [2.75, 3.05) is 20.2 Å². The summed E-state index contributed by atoms with van der Waals surface area (Å²) in [5, 5.41) is 21.9. The number of carbonyl (C=O) groups is 1. The Morgan fingerprint density at radius 3 is 1.78 bits per heavy atom. The fourth-order valence-corrected chi connectivity index (χ4v) is 12.2. The summed E-state index contributed by atoms with van der Waals surface area (Å²) in [5.74, 6) is 0.995. The lowest BCUT2D eigenvalue weighted by Gasteiger charge is -2.43. The molecule has 0 aliphatic rings. The summed E-state index contributed by atoms with van der Waals surface area (Å²) in [5.41, 5.74) is 0.777. The monoisotopic (exact) mass is 555 g/mol. The zero-order valence-corrected chi connectivity index (χ0v) is 27.3. The lowest BCUT2D eigenvalue weighted by Crippen LogP contribution is -2.51. The highest BCUT2D eigenvalue weighted by molar-refractivity contribution is 8.00. The normalized spacial score (nSPS) is 14.5. The summed E-state index contributed by atoms with van der Waals surface area (Å²) in [4.78, 5) is 15.3. The molecule has 0 bridgehead atoms. The topological polar surface area (TPSA) is 79.2 Å². The van der Waals surface area contributed by atoms with Crippen molar-refractivity contribution in [2.24, 2.45) is 0 Å². The van der Waals surface area contributed by atoms with Crippen LogP contribution in [0.3, 0.4) is 0 Å². The molecular formula is C29H53NO5SSi. The highest BCUT2D eigenvalue weighted by Crippen LogP contribution is 2.51. The van der Waals surface area contributed by atoms with Gasteiger partial charge in [0.05, 0.1) is 29.6 Å². The smallest absolute Gasteiger partial charge is 0.258 e. The molecule has 0 aromatic heterocycles. The molecule has 0 fully saturated rings. The molecule has 37 heavy (non-hydrogen) atoms. The van der Waals surface area contributed by atoms with E-state index >= 15 is 0 Å². The van der Waals surface area contributed by atoms with E-state index in [0.29, 0.717) is 52.3 Å². The highest BCUT2D eigenvalue weighted by atomic mass is 32.2. The molecule has 1 aromatic rings. The molecule has 6 nitrogen and oxygen atoms in total. The molecule has 8 heteroatoms. The van der Waals surface area contributed by atoms with Gasteiger partial charge in [0.1, 0.15) is 11.5 Å². The van der Waals surface area contributed by atoms with Crippen LogP contribution in [0.2, 0.25) is 16.6 Å². The average Bonchev–Trinajstić information content (AvgIpc) is 2.79. The van der Waals surface area contributed by atoms with Gasteiger partial charge in [-0.15, -0.1) is 11.8 Å². The minimum Gasteiger partial charge on any atom is -0.542 e. The van der Waals surface area contributed by atoms with Crippen molar-refractivity contribution in [3.8, 4) is 11.5 Å². The Balaban J connectivity index is 4.12. The van der Waals surface area contributed by atoms with Crippen molar-refractivity contribution in [1.82, 2.24) is 4.90 Å². The van der Waals surface area contributed by atoms with E-state index in [1.54, 1.807) is 43.7 Å². The van der Waals surface area contributed by atoms with Crippen LogP contribution in [-0.2, 0) is 0 Å². The Hall–Kier alpha value is -1.22. The van der Waals surface area contributed by atoms with Crippen LogP contribution in [0, 0.1) is 0 Å². The number of amides is 1. The molecular weight excluding hydrogens is 502 g/mol. The summed E-state index contributed by atoms with van der Waals surface area (Å²) < 4.78 is 13.1. The first-order valence-electron chi connectivity index (χ1n) is 13.7. The van der Waals surface area contributed by atoms with Gasteiger partial charge in [-0.25, -0.2) is 0 Å². The molecule has 0 heterocycles. The number of carbonyl (C=O) groups excluding carboxylic acids is 1. The molecule has 1 aromatic carbocycles. The Bertz CT molecular complexity index is 856. The number of benzene rings is 1. The standard InChI is InChI=1S/C29H53NO5SSi/c1-14-30(15-2)28(32)22-16-23(34-13)25(26(36-18(3)4)27(31)29(11,12)33)24(17-22)35-37(19(5)6,20(7)8)21(9)10/h16-21,26-27,31,33H,14-15H2,1-13H3/t26-,27-/m0/s1. The lowest BCUT2D eigenvalue weighted by molar-refractivity contribution is -0.0487. The third-order valence-electron chi connectivity index (χ3n) is 7.33. The van der Waals surface area contributed by atoms with Gasteiger partial charge in [-0.05, 0) is 61.7 Å². The van der Waals surface area contributed by atoms with Crippen molar-refractivity contribution in [3.05, 3.63) is 23.3 Å². The number of hydrogen-bond acceptors (Lipinski definition) is 6. The molecule has 0 radical (unpaired) electrons. The summed E-state index contributed by atoms with van der Waals surface area (Å²) >= 11 is 1.56. The molecule has 0 aliphatic carbocycles. The van der Waals surface area contributed by atoms with Crippen LogP contribution in [-0.4, -0.2) is 66.5 Å². The first-order chi connectivity index (χ1) is 17.0. The highest BCUT2D eigenvalue weighted by Gasteiger charge is 2.48. The first kappa shape index (κ1) is 33.8. The molecule has 2 N–H and O–H groups in total. The second kappa shape index (κ2) is 13.7. The van der Waals surface area contributed by atoms with E-state index in [9.17, 15) is 15.0 Å². The van der Waals surface area contributed by atoms with E-state index in [4.69, 9.17) is 9.16 Å². The first-order valence-corrected chi connectivity index (χ1v) is 16.8. The second-order valence-electron chi connectivity index (χ2n) is 11.7. The van der Waals surface area contributed by atoms with Crippen LogP contribution in [0.25, 0.3) is 0 Å². The van der Waals surface area contributed by atoms with Gasteiger partial charge in [-0.1, -0.05) is 55.4 Å². The fraction of sp³-hybridized carbons (Fsp3) is 0.759. The van der Waals surface area contributed by atoms with Gasteiger partial charge in [0.2, 0.25) is 0 Å². The minimum atomic E-state index is -2.44. The molecule has 0 aliphatic heterocycles. The number of nitrogens with zero attached hydrogens (tertiary/aromatic N) is 1. The Morgan fingerprint density at radius 2 is 1.43 bits per heavy atom. The van der Waals surface area contributed by atoms with E-state index in [1.807, 2.05) is 19.9 Å². The van der Waals surface area contributed by atoms with E-state index in [0.717, 1.165) is 0 Å². The number of hydrogen-bond donors (Lipinski definition) is 2. The van der Waals surface area contributed by atoms with E-state index < -0.39 is 25.3 Å². The van der Waals surface area contributed by atoms with Crippen LogP contribution in [0.1, 0.15) is 104 Å². The third kappa shape index (κ3) is 7.67. The quantitative estimate of drug-likeness (QED) is 0.240. The van der Waals surface area contributed by atoms with E-state index in [-0.39, 0.29) is 11.2 Å². The molecule has 1 rings (SSSR count). The average molecular weight is 556 g/mol. The van der Waals surface area contributed by atoms with Gasteiger partial charge in [0, 0.05) is 18.7 Å². The van der Waals surface area contributed by atoms with Gasteiger partial charge in [0.25, 0.3) is 14.2 Å². The molecule has 0 spiro atoms. The van der Waals surface area contributed by atoms with E-state index in [1.165, 1.54) is 0 Å². The number of aliphatic hydroxyl groups excluding tert-OH is 1. The van der Waals surface area contributed by atoms with Crippen LogP contribution >= 0.6 is 11.8 Å². The van der Waals surface area contributed by atoms with Crippen molar-refractivity contribution >= 4 is 26.0 Å². The maximum atomic E-state index is 13.5. The third-order valence-corrected chi connectivity index (χ3v) is 14.6. The fourth-order valence-electron chi connectivity index (χ4n) is 5.46. The van der Waals surface area contributed by atoms with Crippen molar-refractivity contribution in [3.63, 3.8) is 0 Å². The van der Waals surface area contributed by atoms with Crippen LogP contribution in [0.4, 0.5) is 0 Å². The second-order valence-corrected chi connectivity index (χ2v) is 18.8. The number of methoxy groups -OCH3 is 1. The predicted molar refractivity (Wildman–Crippen MR) is 160 cm³/mol. The zero-order chi connectivity index (χ0) is 28.9. The van der Waals surface area contributed by atoms with Gasteiger partial charge < -0.3 is 24.3 Å². The van der Waals surface area contributed by atoms with Crippen LogP contribution in [0.5, 0.6) is 11.5 Å². The van der Waals surface area contributed by atoms with Crippen LogP contribution < -0.4 is 9.16 Å². The largest absolute Gasteiger partial charge is 0.542 e. The molecule has 214 valence electrons. The molecule has 0 saturated heterocycles. The molecule has 1 amide bonds. The number of thioether (sulfide) groups is 1. The Morgan fingerprint density at radius 1 is 0.973 bits per heavy atom. The van der Waals surface area contributed by atoms with Crippen LogP contribution in [0.15, 0.2) is 12.1 Å². The van der Waals surface area contributed by atoms with Gasteiger partial charge in [0.15, 0.2) is 0 Å². The number of aliphatic hydroxyl groups is 2. The SMILES string of the molecule is CCN(CC)C(=O)c1cc(OC)c([C@H](SC(C)C)[C@H](O)C(C)(C)O)c(O[Si](C(C)C)(C(C)C)C(C)C)c1. The van der Waals surface area contributed by atoms with Gasteiger partial charge in [-0.2, -0.15) is 0 Å². The summed E-state index contributed by atoms with van der Waals surface area (Å²) in [6.07, 6.45) is -1.09. The lowest BCUT2D eigenvalue weighted by atomic mass is 9.93. The summed E-state index contributed by atoms with van der Waals surface area (Å²) in [6.45, 7) is 25.8. The Labute approximate surface area is 231 Å². The van der Waals surface area contributed by atoms with Gasteiger partial charge >= 0.3 is 0 Å².